The molecule has 0 bridgehead atoms. The molecule has 1 aromatic carbocycles. The molecule has 0 saturated heterocycles. The summed E-state index contributed by atoms with van der Waals surface area (Å²) in [6.45, 7) is 4.03. The zero-order valence-corrected chi connectivity index (χ0v) is 8.77. The number of phenols is 1. The molecule has 0 atom stereocenters. The number of rotatable bonds is 3. The Morgan fingerprint density at radius 2 is 2.00 bits per heavy atom. The Kier molecular flexibility index (Phi) is 3.51. The van der Waals surface area contributed by atoms with Crippen LogP contribution < -0.4 is 0 Å². The average molecular weight is 194 g/mol. The smallest absolute Gasteiger partial charge is 0.226 e. The van der Waals surface area contributed by atoms with Gasteiger partial charge in [-0.3, -0.25) is 4.84 Å². The standard InChI is InChI=1S/C11H15NO2/c1-9(2)12(14-3)8-10-6-4-5-7-11(10)13/h4-9H,1-3H3/p+1. The van der Waals surface area contributed by atoms with E-state index in [1.807, 2.05) is 26.0 Å². The molecule has 0 radical (unpaired) electrons. The van der Waals surface area contributed by atoms with Crippen molar-refractivity contribution in [2.45, 2.75) is 19.9 Å². The van der Waals surface area contributed by atoms with E-state index in [0.29, 0.717) is 0 Å². The summed E-state index contributed by atoms with van der Waals surface area (Å²) < 4.78 is 1.69. The van der Waals surface area contributed by atoms with E-state index in [1.54, 1.807) is 30.2 Å². The highest BCUT2D eigenvalue weighted by atomic mass is 16.7. The maximum atomic E-state index is 9.52. The molecule has 14 heavy (non-hydrogen) atoms. The van der Waals surface area contributed by atoms with Crippen LogP contribution in [0.4, 0.5) is 0 Å². The molecular formula is C11H16NO2+. The second kappa shape index (κ2) is 4.65. The molecule has 0 aliphatic carbocycles. The van der Waals surface area contributed by atoms with E-state index >= 15 is 0 Å². The highest BCUT2D eigenvalue weighted by Gasteiger charge is 2.11. The first-order valence-corrected chi connectivity index (χ1v) is 4.60. The van der Waals surface area contributed by atoms with E-state index in [4.69, 9.17) is 4.84 Å². The van der Waals surface area contributed by atoms with E-state index in [2.05, 4.69) is 0 Å². The molecule has 3 heteroatoms. The largest absolute Gasteiger partial charge is 0.507 e. The SMILES string of the molecule is CO/[N+](=C\c1ccccc1O)C(C)C. The van der Waals surface area contributed by atoms with Crippen molar-refractivity contribution in [3.05, 3.63) is 29.8 Å². The summed E-state index contributed by atoms with van der Waals surface area (Å²) >= 11 is 0. The van der Waals surface area contributed by atoms with Crippen LogP contribution in [0.25, 0.3) is 0 Å². The van der Waals surface area contributed by atoms with Crippen LogP contribution in [0.2, 0.25) is 0 Å². The molecular weight excluding hydrogens is 178 g/mol. The van der Waals surface area contributed by atoms with Crippen molar-refractivity contribution < 1.29 is 14.7 Å². The van der Waals surface area contributed by atoms with Crippen molar-refractivity contribution >= 4 is 6.21 Å². The monoisotopic (exact) mass is 194 g/mol. The van der Waals surface area contributed by atoms with Gasteiger partial charge in [-0.25, -0.2) is 0 Å². The van der Waals surface area contributed by atoms with Crippen LogP contribution in [-0.2, 0) is 4.84 Å². The van der Waals surface area contributed by atoms with Crippen molar-refractivity contribution in [1.82, 2.24) is 0 Å². The van der Waals surface area contributed by atoms with Gasteiger partial charge in [0.05, 0.1) is 5.56 Å². The van der Waals surface area contributed by atoms with Crippen molar-refractivity contribution in [2.75, 3.05) is 7.11 Å². The van der Waals surface area contributed by atoms with Crippen molar-refractivity contribution in [2.24, 2.45) is 0 Å². The number of aromatic hydroxyl groups is 1. The van der Waals surface area contributed by atoms with Crippen LogP contribution in [0.1, 0.15) is 19.4 Å². The second-order valence-electron chi connectivity index (χ2n) is 3.32. The molecule has 0 fully saturated rings. The van der Waals surface area contributed by atoms with Crippen molar-refractivity contribution in [3.63, 3.8) is 0 Å². The van der Waals surface area contributed by atoms with Gasteiger partial charge in [0, 0.05) is 13.8 Å². The summed E-state index contributed by atoms with van der Waals surface area (Å²) in [6, 6.07) is 7.39. The molecule has 0 saturated carbocycles. The molecule has 0 aliphatic heterocycles. The topological polar surface area (TPSA) is 32.5 Å². The quantitative estimate of drug-likeness (QED) is 0.452. The van der Waals surface area contributed by atoms with Gasteiger partial charge < -0.3 is 5.11 Å². The summed E-state index contributed by atoms with van der Waals surface area (Å²) in [6.07, 6.45) is 1.78. The second-order valence-corrected chi connectivity index (χ2v) is 3.32. The van der Waals surface area contributed by atoms with Gasteiger partial charge in [-0.2, -0.15) is 0 Å². The number of benzene rings is 1. The summed E-state index contributed by atoms with van der Waals surface area (Å²) in [5.74, 6) is 0.259. The van der Waals surface area contributed by atoms with Gasteiger partial charge >= 0.3 is 0 Å². The predicted octanol–water partition coefficient (Wildman–Crippen LogP) is 1.79. The molecule has 1 rings (SSSR count). The third-order valence-corrected chi connectivity index (χ3v) is 1.92. The zero-order chi connectivity index (χ0) is 10.6. The van der Waals surface area contributed by atoms with Crippen LogP contribution in [0.3, 0.4) is 0 Å². The maximum absolute atomic E-state index is 9.52. The Hall–Kier alpha value is -1.51. The molecule has 0 amide bonds. The maximum Gasteiger partial charge on any atom is 0.226 e. The number of hydroxylamine groups is 1. The normalized spacial score (nSPS) is 11.9. The minimum atomic E-state index is 0.236. The lowest BCUT2D eigenvalue weighted by Gasteiger charge is -2.02. The molecule has 0 unspecified atom stereocenters. The van der Waals surface area contributed by atoms with Gasteiger partial charge in [-0.1, -0.05) is 12.1 Å². The minimum Gasteiger partial charge on any atom is -0.507 e. The van der Waals surface area contributed by atoms with Crippen molar-refractivity contribution in [1.29, 1.82) is 0 Å². The molecule has 0 aromatic heterocycles. The van der Waals surface area contributed by atoms with Gasteiger partial charge in [0.25, 0.3) is 0 Å². The number of phenolic OH excluding ortho intramolecular Hbond substituents is 1. The van der Waals surface area contributed by atoms with E-state index < -0.39 is 0 Å². The lowest BCUT2D eigenvalue weighted by Crippen LogP contribution is -2.20. The molecule has 0 heterocycles. The lowest BCUT2D eigenvalue weighted by molar-refractivity contribution is -0.796. The first-order chi connectivity index (χ1) is 6.65. The molecule has 0 aliphatic rings. The fraction of sp³-hybridized carbons (Fsp3) is 0.364. The Labute approximate surface area is 84.2 Å². The van der Waals surface area contributed by atoms with E-state index in [-0.39, 0.29) is 11.8 Å². The molecule has 76 valence electrons. The minimum absolute atomic E-state index is 0.236. The highest BCUT2D eigenvalue weighted by molar-refractivity contribution is 5.79. The molecule has 1 aromatic rings. The van der Waals surface area contributed by atoms with Crippen molar-refractivity contribution in [3.8, 4) is 5.75 Å². The molecule has 1 N–H and O–H groups in total. The number of para-hydroxylation sites is 1. The van der Waals surface area contributed by atoms with Crippen LogP contribution >= 0.6 is 0 Å². The van der Waals surface area contributed by atoms with Crippen LogP contribution in [0.15, 0.2) is 24.3 Å². The predicted molar refractivity (Wildman–Crippen MR) is 55.7 cm³/mol. The first kappa shape index (κ1) is 10.6. The highest BCUT2D eigenvalue weighted by Crippen LogP contribution is 2.12. The van der Waals surface area contributed by atoms with Crippen LogP contribution in [-0.4, -0.2) is 29.2 Å². The lowest BCUT2D eigenvalue weighted by atomic mass is 10.2. The molecule has 0 spiro atoms. The number of hydrogen-bond acceptors (Lipinski definition) is 2. The number of nitrogens with zero attached hydrogens (tertiary/aromatic N) is 1. The van der Waals surface area contributed by atoms with Gasteiger partial charge in [-0.05, 0) is 16.9 Å². The Balaban J connectivity index is 3.00. The average Bonchev–Trinajstić information content (AvgIpc) is 2.16. The van der Waals surface area contributed by atoms with Gasteiger partial charge in [-0.15, -0.1) is 0 Å². The Morgan fingerprint density at radius 3 is 2.50 bits per heavy atom. The Bertz CT molecular complexity index is 332. The van der Waals surface area contributed by atoms with Crippen LogP contribution in [0.5, 0.6) is 5.75 Å². The third kappa shape index (κ3) is 2.49. The van der Waals surface area contributed by atoms with E-state index in [1.165, 1.54) is 0 Å². The van der Waals surface area contributed by atoms with Gasteiger partial charge in [0.15, 0.2) is 6.04 Å². The number of hydrogen-bond donors (Lipinski definition) is 1. The summed E-state index contributed by atoms with van der Waals surface area (Å²) in [7, 11) is 1.61. The summed E-state index contributed by atoms with van der Waals surface area (Å²) in [4.78, 5) is 5.14. The molecule has 3 nitrogen and oxygen atoms in total. The fourth-order valence-corrected chi connectivity index (χ4v) is 1.15. The van der Waals surface area contributed by atoms with Gasteiger partial charge in [0.2, 0.25) is 6.21 Å². The third-order valence-electron chi connectivity index (χ3n) is 1.92. The van der Waals surface area contributed by atoms with Crippen LogP contribution in [0, 0.1) is 0 Å². The Morgan fingerprint density at radius 1 is 1.36 bits per heavy atom. The van der Waals surface area contributed by atoms with Gasteiger partial charge in [0.1, 0.15) is 12.9 Å². The summed E-state index contributed by atoms with van der Waals surface area (Å²) in [5, 5.41) is 9.52. The fourth-order valence-electron chi connectivity index (χ4n) is 1.15. The zero-order valence-electron chi connectivity index (χ0n) is 8.77. The summed E-state index contributed by atoms with van der Waals surface area (Å²) in [5.41, 5.74) is 0.753. The van der Waals surface area contributed by atoms with E-state index in [9.17, 15) is 5.11 Å². The van der Waals surface area contributed by atoms with E-state index in [0.717, 1.165) is 5.56 Å². The first-order valence-electron chi connectivity index (χ1n) is 4.60.